The number of nitrogens with one attached hydrogen (secondary N) is 2. The summed E-state index contributed by atoms with van der Waals surface area (Å²) in [7, 11) is 0. The molecule has 4 rings (SSSR count). The van der Waals surface area contributed by atoms with Gasteiger partial charge >= 0.3 is 6.18 Å². The second kappa shape index (κ2) is 8.52. The van der Waals surface area contributed by atoms with Crippen molar-refractivity contribution in [3.63, 3.8) is 0 Å². The number of amides is 1. The molecule has 2 fully saturated rings. The highest BCUT2D eigenvalue weighted by atomic mass is 19.4. The minimum atomic E-state index is -4.39. The molecule has 2 aliphatic rings. The van der Waals surface area contributed by atoms with Crippen LogP contribution in [0.1, 0.15) is 61.0 Å². The SMILES string of the molecule is Cc1cc([C@@H](C)OC[C@@]2(c3ccccc3)CC[C@@]3(CCC(=O)N3)CN2)cc(C(F)(F)F)c1. The Labute approximate surface area is 186 Å². The predicted molar refractivity (Wildman–Crippen MR) is 116 cm³/mol. The lowest BCUT2D eigenvalue weighted by molar-refractivity contribution is -0.137. The van der Waals surface area contributed by atoms with Crippen LogP contribution in [0.5, 0.6) is 0 Å². The van der Waals surface area contributed by atoms with E-state index < -0.39 is 23.4 Å². The zero-order valence-electron chi connectivity index (χ0n) is 18.4. The van der Waals surface area contributed by atoms with Crippen LogP contribution in [-0.2, 0) is 21.2 Å². The molecule has 1 amide bonds. The summed E-state index contributed by atoms with van der Waals surface area (Å²) in [5.74, 6) is 0.0869. The third-order valence-corrected chi connectivity index (χ3v) is 6.83. The molecule has 0 aliphatic carbocycles. The normalized spacial score (nSPS) is 26.8. The van der Waals surface area contributed by atoms with E-state index >= 15 is 0 Å². The number of aryl methyl sites for hydroxylation is 1. The number of alkyl halides is 3. The third kappa shape index (κ3) is 4.69. The van der Waals surface area contributed by atoms with E-state index in [0.29, 0.717) is 30.7 Å². The molecule has 0 bridgehead atoms. The molecule has 2 aromatic carbocycles. The Hall–Kier alpha value is -2.38. The van der Waals surface area contributed by atoms with Crippen molar-refractivity contribution >= 4 is 5.91 Å². The lowest BCUT2D eigenvalue weighted by atomic mass is 9.76. The maximum atomic E-state index is 13.3. The summed E-state index contributed by atoms with van der Waals surface area (Å²) in [4.78, 5) is 11.8. The van der Waals surface area contributed by atoms with Crippen molar-refractivity contribution in [2.75, 3.05) is 13.2 Å². The van der Waals surface area contributed by atoms with Gasteiger partial charge < -0.3 is 15.4 Å². The fourth-order valence-corrected chi connectivity index (χ4v) is 4.85. The van der Waals surface area contributed by atoms with Crippen LogP contribution in [0.2, 0.25) is 0 Å². The van der Waals surface area contributed by atoms with Crippen LogP contribution in [0.25, 0.3) is 0 Å². The molecule has 0 unspecified atom stereocenters. The summed E-state index contributed by atoms with van der Waals surface area (Å²) in [6.45, 7) is 4.40. The van der Waals surface area contributed by atoms with Gasteiger partial charge in [-0.05, 0) is 56.4 Å². The van der Waals surface area contributed by atoms with Gasteiger partial charge in [0.1, 0.15) is 0 Å². The van der Waals surface area contributed by atoms with Crippen molar-refractivity contribution in [3.8, 4) is 0 Å². The number of hydrogen-bond acceptors (Lipinski definition) is 3. The first kappa shape index (κ1) is 22.8. The molecule has 2 aromatic rings. The number of rotatable bonds is 5. The van der Waals surface area contributed by atoms with E-state index in [0.717, 1.165) is 30.9 Å². The Morgan fingerprint density at radius 3 is 2.44 bits per heavy atom. The van der Waals surface area contributed by atoms with Crippen LogP contribution >= 0.6 is 0 Å². The lowest BCUT2D eigenvalue weighted by Crippen LogP contribution is -2.61. The summed E-state index contributed by atoms with van der Waals surface area (Å²) in [5, 5.41) is 6.76. The number of benzene rings is 2. The monoisotopic (exact) mass is 446 g/mol. The summed E-state index contributed by atoms with van der Waals surface area (Å²) in [5.41, 5.74) is 0.792. The topological polar surface area (TPSA) is 50.4 Å². The second-order valence-electron chi connectivity index (χ2n) is 9.21. The Balaban J connectivity index is 1.53. The van der Waals surface area contributed by atoms with Crippen molar-refractivity contribution in [2.45, 2.75) is 62.9 Å². The molecule has 0 radical (unpaired) electrons. The Morgan fingerprint density at radius 2 is 1.84 bits per heavy atom. The van der Waals surface area contributed by atoms with E-state index in [2.05, 4.69) is 10.6 Å². The van der Waals surface area contributed by atoms with E-state index in [1.807, 2.05) is 30.3 Å². The molecule has 4 nitrogen and oxygen atoms in total. The van der Waals surface area contributed by atoms with E-state index in [1.54, 1.807) is 19.9 Å². The molecule has 0 saturated carbocycles. The largest absolute Gasteiger partial charge is 0.416 e. The molecule has 3 atom stereocenters. The number of halogens is 3. The Kier molecular flexibility index (Phi) is 6.07. The van der Waals surface area contributed by atoms with E-state index in [-0.39, 0.29) is 11.4 Å². The van der Waals surface area contributed by atoms with Crippen molar-refractivity contribution < 1.29 is 22.7 Å². The number of ether oxygens (including phenoxy) is 1. The smallest absolute Gasteiger partial charge is 0.372 e. The summed E-state index contributed by atoms with van der Waals surface area (Å²) < 4.78 is 46.0. The van der Waals surface area contributed by atoms with Crippen molar-refractivity contribution in [1.29, 1.82) is 0 Å². The molecule has 7 heteroatoms. The highest BCUT2D eigenvalue weighted by molar-refractivity contribution is 5.79. The molecule has 32 heavy (non-hydrogen) atoms. The fraction of sp³-hybridized carbons (Fsp3) is 0.480. The van der Waals surface area contributed by atoms with Crippen LogP contribution in [0.3, 0.4) is 0 Å². The zero-order valence-corrected chi connectivity index (χ0v) is 18.4. The molecule has 2 aliphatic heterocycles. The molecule has 2 N–H and O–H groups in total. The minimum absolute atomic E-state index is 0.0869. The van der Waals surface area contributed by atoms with Gasteiger partial charge in [0, 0.05) is 13.0 Å². The van der Waals surface area contributed by atoms with Crippen molar-refractivity contribution in [1.82, 2.24) is 10.6 Å². The van der Waals surface area contributed by atoms with Gasteiger partial charge in [-0.3, -0.25) is 4.79 Å². The van der Waals surface area contributed by atoms with Gasteiger partial charge in [-0.15, -0.1) is 0 Å². The first-order valence-electron chi connectivity index (χ1n) is 11.0. The fourth-order valence-electron chi connectivity index (χ4n) is 4.85. The molecule has 2 heterocycles. The highest BCUT2D eigenvalue weighted by Crippen LogP contribution is 2.39. The lowest BCUT2D eigenvalue weighted by Gasteiger charge is -2.46. The maximum absolute atomic E-state index is 13.3. The summed E-state index contributed by atoms with van der Waals surface area (Å²) in [6, 6.07) is 14.0. The summed E-state index contributed by atoms with van der Waals surface area (Å²) >= 11 is 0. The van der Waals surface area contributed by atoms with Crippen LogP contribution < -0.4 is 10.6 Å². The number of piperidine rings is 1. The van der Waals surface area contributed by atoms with Gasteiger partial charge in [-0.25, -0.2) is 0 Å². The minimum Gasteiger partial charge on any atom is -0.372 e. The number of hydrogen-bond donors (Lipinski definition) is 2. The first-order valence-corrected chi connectivity index (χ1v) is 11.0. The first-order chi connectivity index (χ1) is 15.1. The third-order valence-electron chi connectivity index (χ3n) is 6.83. The van der Waals surface area contributed by atoms with Crippen LogP contribution in [0, 0.1) is 6.92 Å². The van der Waals surface area contributed by atoms with Gasteiger partial charge in [-0.1, -0.05) is 42.0 Å². The van der Waals surface area contributed by atoms with Gasteiger partial charge in [0.15, 0.2) is 0 Å². The zero-order chi connectivity index (χ0) is 23.0. The van der Waals surface area contributed by atoms with Gasteiger partial charge in [0.25, 0.3) is 0 Å². The molecule has 0 aromatic heterocycles. The van der Waals surface area contributed by atoms with Gasteiger partial charge in [-0.2, -0.15) is 13.2 Å². The van der Waals surface area contributed by atoms with Crippen LogP contribution in [0.15, 0.2) is 48.5 Å². The molecular formula is C25H29F3N2O2. The quantitative estimate of drug-likeness (QED) is 0.678. The molecule has 1 spiro atoms. The second-order valence-corrected chi connectivity index (χ2v) is 9.21. The number of carbonyl (C=O) groups is 1. The standard InChI is InChI=1S/C25H29F3N2O2/c1-17-12-19(14-21(13-17)25(26,27)28)18(2)32-16-24(20-6-4-3-5-7-20)11-10-23(15-29-24)9-8-22(31)30-23/h3-7,12-14,18,29H,8-11,15-16H2,1-2H3,(H,30,31)/t18-,23+,24-/m1/s1. The molecule has 172 valence electrons. The van der Waals surface area contributed by atoms with Crippen LogP contribution in [-0.4, -0.2) is 24.6 Å². The average Bonchev–Trinajstić information content (AvgIpc) is 3.13. The summed E-state index contributed by atoms with van der Waals surface area (Å²) in [6.07, 6.45) is -1.96. The Bertz CT molecular complexity index is 967. The maximum Gasteiger partial charge on any atom is 0.416 e. The highest BCUT2D eigenvalue weighted by Gasteiger charge is 2.46. The van der Waals surface area contributed by atoms with Gasteiger partial charge in [0.05, 0.1) is 29.4 Å². The van der Waals surface area contributed by atoms with Crippen LogP contribution in [0.4, 0.5) is 13.2 Å². The number of carbonyl (C=O) groups excluding carboxylic acids is 1. The van der Waals surface area contributed by atoms with E-state index in [1.165, 1.54) is 6.07 Å². The van der Waals surface area contributed by atoms with E-state index in [9.17, 15) is 18.0 Å². The molecule has 2 saturated heterocycles. The predicted octanol–water partition coefficient (Wildman–Crippen LogP) is 5.02. The Morgan fingerprint density at radius 1 is 1.09 bits per heavy atom. The van der Waals surface area contributed by atoms with Gasteiger partial charge in [0.2, 0.25) is 5.91 Å². The molecular weight excluding hydrogens is 417 g/mol. The van der Waals surface area contributed by atoms with Crippen molar-refractivity contribution in [3.05, 3.63) is 70.8 Å². The van der Waals surface area contributed by atoms with E-state index in [4.69, 9.17) is 4.74 Å². The van der Waals surface area contributed by atoms with Crippen molar-refractivity contribution in [2.24, 2.45) is 0 Å². The average molecular weight is 447 g/mol.